The second kappa shape index (κ2) is 7.63. The van der Waals surface area contributed by atoms with Crippen molar-refractivity contribution in [2.24, 2.45) is 0 Å². The van der Waals surface area contributed by atoms with Gasteiger partial charge < -0.3 is 0 Å². The lowest BCUT2D eigenvalue weighted by molar-refractivity contribution is -0.384. The molecule has 1 amide bonds. The standard InChI is InChI=1S/C17H14N4O5S3/c22-16(14-2-1-9-27-14)19-17-18-13-7-8-20(10-15(13)28-17)29(25,26)12-5-3-11(4-6-12)21(23)24/h1-6,9H,7-8,10H2,(H,18,19,22). The summed E-state index contributed by atoms with van der Waals surface area (Å²) in [7, 11) is -3.79. The minimum atomic E-state index is -3.79. The predicted octanol–water partition coefficient (Wildman–Crippen LogP) is 3.11. The van der Waals surface area contributed by atoms with E-state index in [4.69, 9.17) is 0 Å². The number of sulfonamides is 1. The van der Waals surface area contributed by atoms with Crippen LogP contribution in [0, 0.1) is 10.1 Å². The number of thiazole rings is 1. The average Bonchev–Trinajstić information content (AvgIpc) is 3.37. The highest BCUT2D eigenvalue weighted by atomic mass is 32.2. The topological polar surface area (TPSA) is 123 Å². The first kappa shape index (κ1) is 19.6. The number of amides is 1. The van der Waals surface area contributed by atoms with E-state index in [2.05, 4.69) is 10.3 Å². The van der Waals surface area contributed by atoms with Gasteiger partial charge in [-0.15, -0.1) is 22.7 Å². The lowest BCUT2D eigenvalue weighted by Crippen LogP contribution is -2.35. The number of hydrogen-bond acceptors (Lipinski definition) is 8. The fraction of sp³-hybridized carbons (Fsp3) is 0.176. The Bertz CT molecular complexity index is 1170. The molecule has 1 aromatic carbocycles. The van der Waals surface area contributed by atoms with E-state index in [-0.39, 0.29) is 29.6 Å². The Morgan fingerprint density at radius 2 is 2.00 bits per heavy atom. The number of nitro benzene ring substituents is 1. The SMILES string of the molecule is O=C(Nc1nc2c(s1)CN(S(=O)(=O)c1ccc([N+](=O)[O-])cc1)CC2)c1cccs1. The molecule has 9 nitrogen and oxygen atoms in total. The van der Waals surface area contributed by atoms with Crippen LogP contribution in [-0.2, 0) is 23.0 Å². The Balaban J connectivity index is 1.51. The van der Waals surface area contributed by atoms with Crippen LogP contribution in [0.1, 0.15) is 20.2 Å². The van der Waals surface area contributed by atoms with Gasteiger partial charge in [-0.05, 0) is 23.6 Å². The second-order valence-corrected chi connectivity index (χ2v) is 10.1. The molecule has 150 valence electrons. The van der Waals surface area contributed by atoms with Crippen LogP contribution in [0.5, 0.6) is 0 Å². The largest absolute Gasteiger partial charge is 0.297 e. The Kier molecular flexibility index (Phi) is 5.17. The molecule has 0 radical (unpaired) electrons. The maximum absolute atomic E-state index is 12.9. The Hall–Kier alpha value is -2.67. The molecule has 0 atom stereocenters. The summed E-state index contributed by atoms with van der Waals surface area (Å²) >= 11 is 2.57. The Morgan fingerprint density at radius 3 is 2.66 bits per heavy atom. The monoisotopic (exact) mass is 450 g/mol. The third kappa shape index (κ3) is 3.92. The van der Waals surface area contributed by atoms with Crippen molar-refractivity contribution in [2.45, 2.75) is 17.9 Å². The average molecular weight is 451 g/mol. The van der Waals surface area contributed by atoms with Crippen LogP contribution in [0.2, 0.25) is 0 Å². The number of rotatable bonds is 5. The molecule has 0 saturated heterocycles. The molecule has 4 rings (SSSR count). The van der Waals surface area contributed by atoms with E-state index in [0.717, 1.165) is 10.6 Å². The summed E-state index contributed by atoms with van der Waals surface area (Å²) in [6.07, 6.45) is 0.424. The molecule has 0 fully saturated rings. The molecule has 0 aliphatic carbocycles. The van der Waals surface area contributed by atoms with E-state index in [1.165, 1.54) is 51.2 Å². The van der Waals surface area contributed by atoms with Crippen LogP contribution in [0.25, 0.3) is 0 Å². The zero-order valence-corrected chi connectivity index (χ0v) is 17.2. The van der Waals surface area contributed by atoms with Gasteiger partial charge in [0, 0.05) is 30.0 Å². The molecule has 0 bridgehead atoms. The van der Waals surface area contributed by atoms with Crippen molar-refractivity contribution in [1.29, 1.82) is 0 Å². The Morgan fingerprint density at radius 1 is 1.24 bits per heavy atom. The van der Waals surface area contributed by atoms with Gasteiger partial charge in [0.25, 0.3) is 11.6 Å². The van der Waals surface area contributed by atoms with Crippen LogP contribution < -0.4 is 5.32 Å². The van der Waals surface area contributed by atoms with Crippen LogP contribution in [-0.4, -0.2) is 35.1 Å². The molecule has 1 N–H and O–H groups in total. The molecule has 3 heterocycles. The number of carbonyl (C=O) groups is 1. The molecule has 1 aliphatic rings. The van der Waals surface area contributed by atoms with Gasteiger partial charge in [0.15, 0.2) is 5.13 Å². The first-order valence-corrected chi connectivity index (χ1v) is 11.6. The van der Waals surface area contributed by atoms with Crippen molar-refractivity contribution in [3.63, 3.8) is 0 Å². The number of nitrogens with one attached hydrogen (secondary N) is 1. The highest BCUT2D eigenvalue weighted by molar-refractivity contribution is 7.89. The molecule has 3 aromatic rings. The number of nitrogens with zero attached hydrogens (tertiary/aromatic N) is 3. The van der Waals surface area contributed by atoms with Gasteiger partial charge in [-0.2, -0.15) is 4.31 Å². The van der Waals surface area contributed by atoms with Crippen LogP contribution in [0.15, 0.2) is 46.7 Å². The van der Waals surface area contributed by atoms with Crippen molar-refractivity contribution >= 4 is 49.4 Å². The van der Waals surface area contributed by atoms with Crippen molar-refractivity contribution in [2.75, 3.05) is 11.9 Å². The highest BCUT2D eigenvalue weighted by Gasteiger charge is 2.31. The molecule has 12 heteroatoms. The molecular formula is C17H14N4O5S3. The van der Waals surface area contributed by atoms with Crippen molar-refractivity contribution in [3.8, 4) is 0 Å². The minimum Gasteiger partial charge on any atom is -0.297 e. The van der Waals surface area contributed by atoms with Crippen LogP contribution in [0.4, 0.5) is 10.8 Å². The number of hydrogen-bond donors (Lipinski definition) is 1. The maximum Gasteiger partial charge on any atom is 0.269 e. The molecule has 0 unspecified atom stereocenters. The summed E-state index contributed by atoms with van der Waals surface area (Å²) in [5.41, 5.74) is 0.602. The van der Waals surface area contributed by atoms with Crippen LogP contribution in [0.3, 0.4) is 0 Å². The summed E-state index contributed by atoms with van der Waals surface area (Å²) in [5, 5.41) is 15.8. The van der Waals surface area contributed by atoms with Gasteiger partial charge >= 0.3 is 0 Å². The lowest BCUT2D eigenvalue weighted by atomic mass is 10.2. The number of fused-ring (bicyclic) bond motifs is 1. The summed E-state index contributed by atoms with van der Waals surface area (Å²) in [4.78, 5) is 28.1. The summed E-state index contributed by atoms with van der Waals surface area (Å²) in [6, 6.07) is 8.32. The fourth-order valence-corrected chi connectivity index (χ4v) is 6.01. The van der Waals surface area contributed by atoms with Gasteiger partial charge in [0.1, 0.15) is 0 Å². The predicted molar refractivity (Wildman–Crippen MR) is 109 cm³/mol. The lowest BCUT2D eigenvalue weighted by Gasteiger charge is -2.25. The maximum atomic E-state index is 12.9. The smallest absolute Gasteiger partial charge is 0.269 e. The van der Waals surface area contributed by atoms with Gasteiger partial charge in [0.05, 0.1) is 26.9 Å². The molecule has 29 heavy (non-hydrogen) atoms. The van der Waals surface area contributed by atoms with E-state index < -0.39 is 14.9 Å². The Labute approximate surface area is 173 Å². The zero-order valence-electron chi connectivity index (χ0n) is 14.8. The summed E-state index contributed by atoms with van der Waals surface area (Å²) in [6.45, 7) is 0.384. The quantitative estimate of drug-likeness (QED) is 0.471. The van der Waals surface area contributed by atoms with Gasteiger partial charge in [0.2, 0.25) is 10.0 Å². The molecule has 2 aromatic heterocycles. The van der Waals surface area contributed by atoms with E-state index in [0.29, 0.717) is 16.4 Å². The summed E-state index contributed by atoms with van der Waals surface area (Å²) in [5.74, 6) is -0.249. The third-order valence-corrected chi connectivity index (χ3v) is 8.07. The molecule has 0 spiro atoms. The van der Waals surface area contributed by atoms with Gasteiger partial charge in [-0.3, -0.25) is 20.2 Å². The third-order valence-electron chi connectivity index (χ3n) is 4.35. The fourth-order valence-electron chi connectivity index (χ4n) is 2.89. The van der Waals surface area contributed by atoms with E-state index in [9.17, 15) is 23.3 Å². The van der Waals surface area contributed by atoms with E-state index in [1.54, 1.807) is 12.1 Å². The first-order valence-electron chi connectivity index (χ1n) is 8.42. The van der Waals surface area contributed by atoms with Gasteiger partial charge in [-0.1, -0.05) is 6.07 Å². The first-order chi connectivity index (χ1) is 13.8. The number of benzene rings is 1. The molecule has 1 aliphatic heterocycles. The van der Waals surface area contributed by atoms with Crippen LogP contribution >= 0.6 is 22.7 Å². The number of anilines is 1. The number of nitro groups is 1. The van der Waals surface area contributed by atoms with E-state index in [1.807, 2.05) is 5.38 Å². The number of carbonyl (C=O) groups excluding carboxylic acids is 1. The highest BCUT2D eigenvalue weighted by Crippen LogP contribution is 2.31. The van der Waals surface area contributed by atoms with Gasteiger partial charge in [-0.25, -0.2) is 13.4 Å². The number of non-ortho nitro benzene ring substituents is 1. The minimum absolute atomic E-state index is 0.00212. The summed E-state index contributed by atoms with van der Waals surface area (Å²) < 4.78 is 27.1. The molecule has 0 saturated carbocycles. The van der Waals surface area contributed by atoms with Crippen molar-refractivity contribution in [3.05, 3.63) is 67.3 Å². The number of aromatic nitrogens is 1. The molecular weight excluding hydrogens is 436 g/mol. The van der Waals surface area contributed by atoms with Crippen molar-refractivity contribution < 1.29 is 18.1 Å². The normalized spacial score (nSPS) is 14.3. The second-order valence-electron chi connectivity index (χ2n) is 6.16. The zero-order chi connectivity index (χ0) is 20.6. The van der Waals surface area contributed by atoms with Crippen molar-refractivity contribution in [1.82, 2.24) is 9.29 Å². The number of thiophene rings is 1. The van der Waals surface area contributed by atoms with E-state index >= 15 is 0 Å².